The molecule has 3 aromatic carbocycles. The van der Waals surface area contributed by atoms with Gasteiger partial charge in [-0.2, -0.15) is 5.10 Å². The highest BCUT2D eigenvalue weighted by atomic mass is 16.5. The third-order valence-corrected chi connectivity index (χ3v) is 6.02. The fourth-order valence-corrected chi connectivity index (χ4v) is 4.24. The van der Waals surface area contributed by atoms with Gasteiger partial charge in [-0.1, -0.05) is 61.4 Å². The van der Waals surface area contributed by atoms with E-state index in [2.05, 4.69) is 73.5 Å². The monoisotopic (exact) mass is 412 g/mol. The number of aryl methyl sites for hydroxylation is 1. The number of para-hydroxylation sites is 1. The van der Waals surface area contributed by atoms with Gasteiger partial charge in [-0.05, 0) is 49.2 Å². The van der Waals surface area contributed by atoms with E-state index >= 15 is 0 Å². The Kier molecular flexibility index (Phi) is 5.37. The highest BCUT2D eigenvalue weighted by Gasteiger charge is 2.40. The minimum absolute atomic E-state index is 0.173. The molecule has 31 heavy (non-hydrogen) atoms. The van der Waals surface area contributed by atoms with Gasteiger partial charge in [0.15, 0.2) is 0 Å². The van der Waals surface area contributed by atoms with Crippen molar-refractivity contribution < 1.29 is 9.47 Å². The number of hydrogen-bond donors (Lipinski definition) is 0. The molecule has 0 fully saturated rings. The number of ether oxygens (including phenoxy) is 2. The molecule has 4 heteroatoms. The number of hydrogen-bond acceptors (Lipinski definition) is 4. The van der Waals surface area contributed by atoms with Gasteiger partial charge in [0, 0.05) is 17.5 Å². The second-order valence-corrected chi connectivity index (χ2v) is 8.29. The van der Waals surface area contributed by atoms with E-state index in [4.69, 9.17) is 14.6 Å². The lowest BCUT2D eigenvalue weighted by Gasteiger charge is -2.38. The van der Waals surface area contributed by atoms with E-state index in [0.717, 1.165) is 54.2 Å². The second kappa shape index (κ2) is 8.46. The van der Waals surface area contributed by atoms with Crippen molar-refractivity contribution in [3.63, 3.8) is 0 Å². The average Bonchev–Trinajstić information content (AvgIpc) is 3.26. The van der Waals surface area contributed by atoms with Crippen LogP contribution in [0.25, 0.3) is 0 Å². The molecule has 3 aromatic rings. The van der Waals surface area contributed by atoms with Crippen LogP contribution in [0.15, 0.2) is 77.9 Å². The van der Waals surface area contributed by atoms with Gasteiger partial charge in [-0.3, -0.25) is 0 Å². The normalized spacial score (nSPS) is 19.3. The minimum Gasteiger partial charge on any atom is -0.494 e. The van der Waals surface area contributed by atoms with Crippen molar-refractivity contribution in [3.8, 4) is 11.5 Å². The van der Waals surface area contributed by atoms with E-state index in [-0.39, 0.29) is 12.3 Å². The van der Waals surface area contributed by atoms with Gasteiger partial charge in [0.2, 0.25) is 6.23 Å². The number of benzene rings is 3. The Morgan fingerprint density at radius 1 is 1.00 bits per heavy atom. The Balaban J connectivity index is 1.45. The molecule has 5 rings (SSSR count). The van der Waals surface area contributed by atoms with Crippen LogP contribution in [0.5, 0.6) is 11.5 Å². The Morgan fingerprint density at radius 3 is 2.55 bits per heavy atom. The lowest BCUT2D eigenvalue weighted by Crippen LogP contribution is -2.33. The van der Waals surface area contributed by atoms with E-state index in [9.17, 15) is 0 Å². The van der Waals surface area contributed by atoms with E-state index in [0.29, 0.717) is 0 Å². The van der Waals surface area contributed by atoms with Crippen molar-refractivity contribution in [2.75, 3.05) is 6.61 Å². The first-order valence-corrected chi connectivity index (χ1v) is 11.1. The van der Waals surface area contributed by atoms with Gasteiger partial charge < -0.3 is 9.47 Å². The summed E-state index contributed by atoms with van der Waals surface area (Å²) in [6.07, 6.45) is 2.84. The quantitative estimate of drug-likeness (QED) is 0.438. The number of fused-ring (bicyclic) bond motifs is 3. The van der Waals surface area contributed by atoms with Gasteiger partial charge in [-0.15, -0.1) is 0 Å². The van der Waals surface area contributed by atoms with Crippen LogP contribution in [0.4, 0.5) is 0 Å². The zero-order valence-corrected chi connectivity index (χ0v) is 18.1. The molecule has 0 bridgehead atoms. The fraction of sp³-hybridized carbons (Fsp3) is 0.296. The predicted octanol–water partition coefficient (Wildman–Crippen LogP) is 6.42. The average molecular weight is 413 g/mol. The first-order valence-electron chi connectivity index (χ1n) is 11.1. The van der Waals surface area contributed by atoms with Crippen molar-refractivity contribution >= 4 is 5.71 Å². The smallest absolute Gasteiger partial charge is 0.213 e. The standard InChI is InChI=1S/C27H28N2O2/c1-3-4-17-30-22-15-13-20(14-16-22)24-18-25-23-7-5-6-8-26(23)31-27(29(25)28-24)21-11-9-19(2)10-12-21/h5-16,25,27H,3-4,17-18H2,1-2H3/t25-,27+/m1/s1. The van der Waals surface area contributed by atoms with Crippen LogP contribution in [0.2, 0.25) is 0 Å². The molecule has 2 heterocycles. The number of rotatable bonds is 6. The van der Waals surface area contributed by atoms with Crippen LogP contribution in [-0.2, 0) is 0 Å². The van der Waals surface area contributed by atoms with Crippen molar-refractivity contribution in [1.82, 2.24) is 5.01 Å². The number of unbranched alkanes of at least 4 members (excludes halogenated alkanes) is 1. The molecular weight excluding hydrogens is 384 g/mol. The molecule has 0 spiro atoms. The van der Waals surface area contributed by atoms with Crippen LogP contribution in [0, 0.1) is 6.92 Å². The first kappa shape index (κ1) is 19.7. The summed E-state index contributed by atoms with van der Waals surface area (Å²) in [6.45, 7) is 5.04. The zero-order valence-electron chi connectivity index (χ0n) is 18.1. The molecule has 0 saturated heterocycles. The van der Waals surface area contributed by atoms with Gasteiger partial charge in [0.05, 0.1) is 18.4 Å². The molecule has 0 aliphatic carbocycles. The maximum atomic E-state index is 6.43. The largest absolute Gasteiger partial charge is 0.494 e. The molecule has 0 aromatic heterocycles. The summed E-state index contributed by atoms with van der Waals surface area (Å²) in [5, 5.41) is 7.18. The predicted molar refractivity (Wildman–Crippen MR) is 124 cm³/mol. The van der Waals surface area contributed by atoms with Gasteiger partial charge in [0.25, 0.3) is 0 Å². The van der Waals surface area contributed by atoms with Crippen molar-refractivity contribution in [1.29, 1.82) is 0 Å². The number of nitrogens with zero attached hydrogens (tertiary/aromatic N) is 2. The van der Waals surface area contributed by atoms with Gasteiger partial charge >= 0.3 is 0 Å². The number of hydrazone groups is 1. The molecule has 2 atom stereocenters. The van der Waals surface area contributed by atoms with E-state index in [1.165, 1.54) is 11.1 Å². The highest BCUT2D eigenvalue weighted by Crippen LogP contribution is 2.47. The van der Waals surface area contributed by atoms with Crippen LogP contribution in [0.1, 0.15) is 60.7 Å². The minimum atomic E-state index is -0.227. The zero-order chi connectivity index (χ0) is 21.2. The summed E-state index contributed by atoms with van der Waals surface area (Å²) in [4.78, 5) is 0. The Morgan fingerprint density at radius 2 is 1.77 bits per heavy atom. The summed E-state index contributed by atoms with van der Waals surface area (Å²) in [5.41, 5.74) is 5.78. The maximum Gasteiger partial charge on any atom is 0.213 e. The highest BCUT2D eigenvalue weighted by molar-refractivity contribution is 6.02. The fourth-order valence-electron chi connectivity index (χ4n) is 4.24. The Hall–Kier alpha value is -3.27. The molecular formula is C27H28N2O2. The van der Waals surface area contributed by atoms with Crippen molar-refractivity contribution in [2.24, 2.45) is 5.10 Å². The van der Waals surface area contributed by atoms with Gasteiger partial charge in [0.1, 0.15) is 11.5 Å². The molecule has 0 amide bonds. The van der Waals surface area contributed by atoms with E-state index < -0.39 is 0 Å². The van der Waals surface area contributed by atoms with Crippen LogP contribution in [-0.4, -0.2) is 17.3 Å². The molecule has 0 unspecified atom stereocenters. The maximum absolute atomic E-state index is 6.43. The Bertz CT molecular complexity index is 1070. The lowest BCUT2D eigenvalue weighted by atomic mass is 9.96. The first-order chi connectivity index (χ1) is 15.2. The SMILES string of the molecule is CCCCOc1ccc(C2=NN3[C@H](C2)c2ccccc2O[C@H]3c2ccc(C)cc2)cc1. The molecule has 0 saturated carbocycles. The molecule has 0 N–H and O–H groups in total. The third-order valence-electron chi connectivity index (χ3n) is 6.02. The van der Waals surface area contributed by atoms with Crippen LogP contribution >= 0.6 is 0 Å². The van der Waals surface area contributed by atoms with Crippen molar-refractivity contribution in [3.05, 3.63) is 95.1 Å². The molecule has 2 aliphatic heterocycles. The summed E-state index contributed by atoms with van der Waals surface area (Å²) >= 11 is 0. The summed E-state index contributed by atoms with van der Waals surface area (Å²) < 4.78 is 12.2. The van der Waals surface area contributed by atoms with E-state index in [1.807, 2.05) is 18.2 Å². The molecule has 158 valence electrons. The Labute approximate surface area is 184 Å². The summed E-state index contributed by atoms with van der Waals surface area (Å²) in [7, 11) is 0. The van der Waals surface area contributed by atoms with Crippen LogP contribution < -0.4 is 9.47 Å². The third kappa shape index (κ3) is 3.90. The van der Waals surface area contributed by atoms with Crippen molar-refractivity contribution in [2.45, 2.75) is 45.4 Å². The summed E-state index contributed by atoms with van der Waals surface area (Å²) in [5.74, 6) is 1.87. The molecule has 2 aliphatic rings. The second-order valence-electron chi connectivity index (χ2n) is 8.29. The summed E-state index contributed by atoms with van der Waals surface area (Å²) in [6, 6.07) is 25.4. The topological polar surface area (TPSA) is 34.1 Å². The van der Waals surface area contributed by atoms with Gasteiger partial charge in [-0.25, -0.2) is 5.01 Å². The van der Waals surface area contributed by atoms with E-state index in [1.54, 1.807) is 0 Å². The van der Waals surface area contributed by atoms with Crippen LogP contribution in [0.3, 0.4) is 0 Å². The molecule has 0 radical (unpaired) electrons. The lowest BCUT2D eigenvalue weighted by molar-refractivity contribution is -0.0190. The molecule has 4 nitrogen and oxygen atoms in total.